The second-order valence-corrected chi connectivity index (χ2v) is 7.76. The van der Waals surface area contributed by atoms with Crippen molar-refractivity contribution < 1.29 is 23.1 Å². The molecule has 1 amide bonds. The van der Waals surface area contributed by atoms with Crippen LogP contribution in [-0.4, -0.2) is 55.7 Å². The highest BCUT2D eigenvalue weighted by molar-refractivity contribution is 7.88. The molecule has 2 aliphatic rings. The molecule has 7 nitrogen and oxygen atoms in total. The number of carbonyl (C=O) groups is 2. The molecule has 0 aromatic carbocycles. The number of likely N-dealkylation sites (tertiary alicyclic amines) is 1. The first-order valence-electron chi connectivity index (χ1n) is 7.27. The summed E-state index contributed by atoms with van der Waals surface area (Å²) in [6, 6.07) is 0.00976. The summed E-state index contributed by atoms with van der Waals surface area (Å²) in [7, 11) is -3.22. The standard InChI is InChI=1S/C13H22N2O5S/c1-21(19,20)14-6-5-9-4-2-3-7-15(9)12(16)10-8-11(10)13(17)18/h9-11,14H,2-8H2,1H3,(H,17,18)/t9?,10-,11+/m1/s1. The Labute approximate surface area is 124 Å². The van der Waals surface area contributed by atoms with Gasteiger partial charge in [0, 0.05) is 19.1 Å². The first-order valence-corrected chi connectivity index (χ1v) is 9.16. The SMILES string of the molecule is CS(=O)(=O)NCCC1CCCCN1C(=O)[C@@H]1C[C@@H]1C(=O)O. The Morgan fingerprint density at radius 2 is 2.00 bits per heavy atom. The highest BCUT2D eigenvalue weighted by Gasteiger charge is 2.50. The molecule has 0 aromatic heterocycles. The molecule has 120 valence electrons. The molecule has 8 heteroatoms. The molecule has 0 spiro atoms. The van der Waals surface area contributed by atoms with E-state index in [4.69, 9.17) is 5.11 Å². The van der Waals surface area contributed by atoms with Crippen LogP contribution in [0.15, 0.2) is 0 Å². The average molecular weight is 318 g/mol. The number of nitrogens with zero attached hydrogens (tertiary/aromatic N) is 1. The maximum Gasteiger partial charge on any atom is 0.307 e. The zero-order chi connectivity index (χ0) is 15.6. The second-order valence-electron chi connectivity index (χ2n) is 5.92. The molecule has 1 unspecified atom stereocenters. The van der Waals surface area contributed by atoms with E-state index in [1.54, 1.807) is 4.90 Å². The quantitative estimate of drug-likeness (QED) is 0.719. The van der Waals surface area contributed by atoms with Crippen LogP contribution in [0, 0.1) is 11.8 Å². The normalized spacial score (nSPS) is 29.2. The number of hydrogen-bond donors (Lipinski definition) is 2. The summed E-state index contributed by atoms with van der Waals surface area (Å²) in [6.45, 7) is 0.950. The Bertz CT molecular complexity index is 519. The molecule has 0 aromatic rings. The summed E-state index contributed by atoms with van der Waals surface area (Å²) in [6.07, 6.45) is 4.90. The zero-order valence-corrected chi connectivity index (χ0v) is 12.9. The van der Waals surface area contributed by atoms with E-state index in [0.29, 0.717) is 25.9 Å². The maximum absolute atomic E-state index is 12.4. The lowest BCUT2D eigenvalue weighted by atomic mass is 9.98. The van der Waals surface area contributed by atoms with E-state index in [1.165, 1.54) is 0 Å². The summed E-state index contributed by atoms with van der Waals surface area (Å²) in [5.74, 6) is -1.90. The molecule has 0 bridgehead atoms. The monoisotopic (exact) mass is 318 g/mol. The number of carboxylic acid groups (broad SMARTS) is 1. The van der Waals surface area contributed by atoms with Crippen molar-refractivity contribution in [1.82, 2.24) is 9.62 Å². The third kappa shape index (κ3) is 4.41. The molecular weight excluding hydrogens is 296 g/mol. The Morgan fingerprint density at radius 1 is 1.29 bits per heavy atom. The fourth-order valence-corrected chi connectivity index (χ4v) is 3.44. The van der Waals surface area contributed by atoms with E-state index >= 15 is 0 Å². The van der Waals surface area contributed by atoms with Crippen LogP contribution in [0.2, 0.25) is 0 Å². The van der Waals surface area contributed by atoms with Crippen LogP contribution in [0.5, 0.6) is 0 Å². The van der Waals surface area contributed by atoms with Crippen molar-refractivity contribution in [2.45, 2.75) is 38.1 Å². The largest absolute Gasteiger partial charge is 0.481 e. The molecule has 1 aliphatic heterocycles. The van der Waals surface area contributed by atoms with Gasteiger partial charge in [-0.1, -0.05) is 0 Å². The van der Waals surface area contributed by atoms with Gasteiger partial charge in [-0.25, -0.2) is 13.1 Å². The molecule has 1 saturated carbocycles. The van der Waals surface area contributed by atoms with Gasteiger partial charge in [0.25, 0.3) is 0 Å². The first-order chi connectivity index (χ1) is 9.79. The van der Waals surface area contributed by atoms with Crippen LogP contribution in [0.3, 0.4) is 0 Å². The summed E-state index contributed by atoms with van der Waals surface area (Å²) in [5.41, 5.74) is 0. The topological polar surface area (TPSA) is 104 Å². The maximum atomic E-state index is 12.4. The number of aliphatic carboxylic acids is 1. The summed E-state index contributed by atoms with van der Waals surface area (Å²) in [5, 5.41) is 8.92. The minimum Gasteiger partial charge on any atom is -0.481 e. The molecule has 1 heterocycles. The molecular formula is C13H22N2O5S. The number of piperidine rings is 1. The molecule has 21 heavy (non-hydrogen) atoms. The van der Waals surface area contributed by atoms with Crippen molar-refractivity contribution >= 4 is 21.9 Å². The molecule has 2 fully saturated rings. The van der Waals surface area contributed by atoms with E-state index < -0.39 is 21.9 Å². The molecule has 1 saturated heterocycles. The number of hydrogen-bond acceptors (Lipinski definition) is 4. The van der Waals surface area contributed by atoms with Gasteiger partial charge in [-0.05, 0) is 32.1 Å². The Balaban J connectivity index is 1.90. The van der Waals surface area contributed by atoms with Gasteiger partial charge >= 0.3 is 5.97 Å². The van der Waals surface area contributed by atoms with Gasteiger partial charge in [-0.3, -0.25) is 9.59 Å². The molecule has 0 radical (unpaired) electrons. The van der Waals surface area contributed by atoms with Crippen molar-refractivity contribution in [2.75, 3.05) is 19.3 Å². The number of sulfonamides is 1. The van der Waals surface area contributed by atoms with Gasteiger partial charge < -0.3 is 10.0 Å². The van der Waals surface area contributed by atoms with E-state index in [1.807, 2.05) is 0 Å². The van der Waals surface area contributed by atoms with Gasteiger partial charge in [0.05, 0.1) is 18.1 Å². The third-order valence-corrected chi connectivity index (χ3v) is 4.91. The zero-order valence-electron chi connectivity index (χ0n) is 12.1. The predicted octanol–water partition coefficient (Wildman–Crippen LogP) is 0.0275. The summed E-state index contributed by atoms with van der Waals surface area (Å²) in [4.78, 5) is 25.0. The molecule has 2 N–H and O–H groups in total. The minimum absolute atomic E-state index is 0.00976. The average Bonchev–Trinajstić information content (AvgIpc) is 3.17. The fourth-order valence-electron chi connectivity index (χ4n) is 2.96. The number of carboxylic acids is 1. The predicted molar refractivity (Wildman–Crippen MR) is 76.0 cm³/mol. The second kappa shape index (κ2) is 6.31. The summed E-state index contributed by atoms with van der Waals surface area (Å²) < 4.78 is 24.6. The lowest BCUT2D eigenvalue weighted by molar-refractivity contribution is -0.143. The van der Waals surface area contributed by atoms with Crippen LogP contribution >= 0.6 is 0 Å². The first kappa shape index (κ1) is 16.2. The Morgan fingerprint density at radius 3 is 2.57 bits per heavy atom. The lowest BCUT2D eigenvalue weighted by Crippen LogP contribution is -2.46. The van der Waals surface area contributed by atoms with Crippen molar-refractivity contribution in [2.24, 2.45) is 11.8 Å². The van der Waals surface area contributed by atoms with Crippen LogP contribution in [-0.2, 0) is 19.6 Å². The van der Waals surface area contributed by atoms with Gasteiger partial charge in [0.15, 0.2) is 0 Å². The molecule has 3 atom stereocenters. The Kier molecular flexibility index (Phi) is 4.88. The van der Waals surface area contributed by atoms with E-state index in [2.05, 4.69) is 4.72 Å². The highest BCUT2D eigenvalue weighted by atomic mass is 32.2. The fraction of sp³-hybridized carbons (Fsp3) is 0.846. The number of nitrogens with one attached hydrogen (secondary N) is 1. The minimum atomic E-state index is -3.22. The molecule has 2 rings (SSSR count). The lowest BCUT2D eigenvalue weighted by Gasteiger charge is -2.36. The van der Waals surface area contributed by atoms with Gasteiger partial charge in [-0.2, -0.15) is 0 Å². The summed E-state index contributed by atoms with van der Waals surface area (Å²) >= 11 is 0. The van der Waals surface area contributed by atoms with Gasteiger partial charge in [0.2, 0.25) is 15.9 Å². The Hall–Kier alpha value is -1.15. The molecule has 1 aliphatic carbocycles. The van der Waals surface area contributed by atoms with E-state index in [0.717, 1.165) is 25.5 Å². The van der Waals surface area contributed by atoms with Crippen LogP contribution in [0.25, 0.3) is 0 Å². The van der Waals surface area contributed by atoms with Crippen LogP contribution in [0.4, 0.5) is 0 Å². The number of carbonyl (C=O) groups excluding carboxylic acids is 1. The van der Waals surface area contributed by atoms with Crippen LogP contribution < -0.4 is 4.72 Å². The smallest absolute Gasteiger partial charge is 0.307 e. The van der Waals surface area contributed by atoms with Crippen molar-refractivity contribution in [3.05, 3.63) is 0 Å². The third-order valence-electron chi connectivity index (χ3n) is 4.18. The number of rotatable bonds is 6. The van der Waals surface area contributed by atoms with Crippen molar-refractivity contribution in [3.8, 4) is 0 Å². The highest BCUT2D eigenvalue weighted by Crippen LogP contribution is 2.41. The number of amides is 1. The van der Waals surface area contributed by atoms with Gasteiger partial charge in [0.1, 0.15) is 0 Å². The van der Waals surface area contributed by atoms with Crippen molar-refractivity contribution in [3.63, 3.8) is 0 Å². The van der Waals surface area contributed by atoms with Crippen LogP contribution in [0.1, 0.15) is 32.1 Å². The van der Waals surface area contributed by atoms with Gasteiger partial charge in [-0.15, -0.1) is 0 Å². The van der Waals surface area contributed by atoms with Crippen molar-refractivity contribution in [1.29, 1.82) is 0 Å². The van der Waals surface area contributed by atoms with E-state index in [-0.39, 0.29) is 17.9 Å². The van der Waals surface area contributed by atoms with E-state index in [9.17, 15) is 18.0 Å².